The molecule has 0 bridgehead atoms. The zero-order chi connectivity index (χ0) is 15.2. The van der Waals surface area contributed by atoms with Crippen molar-refractivity contribution in [3.63, 3.8) is 0 Å². The van der Waals surface area contributed by atoms with Gasteiger partial charge in [-0.2, -0.15) is 0 Å². The van der Waals surface area contributed by atoms with Crippen molar-refractivity contribution in [2.45, 2.75) is 0 Å². The van der Waals surface area contributed by atoms with Gasteiger partial charge in [-0.15, -0.1) is 0 Å². The smallest absolute Gasteiger partial charge is 0.269 e. The Morgan fingerprint density at radius 3 is 2.29 bits per heavy atom. The van der Waals surface area contributed by atoms with E-state index in [0.717, 1.165) is 4.47 Å². The van der Waals surface area contributed by atoms with E-state index >= 15 is 0 Å². The zero-order valence-electron chi connectivity index (χ0n) is 10.8. The predicted molar refractivity (Wildman–Crippen MR) is 84.3 cm³/mol. The maximum absolute atomic E-state index is 11.9. The topological polar surface area (TPSA) is 72.2 Å². The van der Waals surface area contributed by atoms with Gasteiger partial charge in [0.1, 0.15) is 0 Å². The molecule has 0 fully saturated rings. The third-order valence-electron chi connectivity index (χ3n) is 2.69. The number of hydrogen-bond acceptors (Lipinski definition) is 4. The molecule has 6 heteroatoms. The number of halogens is 1. The molecular weight excluding hydrogens is 336 g/mol. The van der Waals surface area contributed by atoms with Crippen LogP contribution in [0.4, 0.5) is 11.4 Å². The Morgan fingerprint density at radius 1 is 1.10 bits per heavy atom. The van der Waals surface area contributed by atoms with Gasteiger partial charge in [-0.25, -0.2) is 0 Å². The molecule has 0 saturated heterocycles. The van der Waals surface area contributed by atoms with Crippen LogP contribution in [0, 0.1) is 10.1 Å². The van der Waals surface area contributed by atoms with Crippen LogP contribution >= 0.6 is 15.9 Å². The molecule has 0 spiro atoms. The molecule has 0 atom stereocenters. The summed E-state index contributed by atoms with van der Waals surface area (Å²) in [5.41, 5.74) is 1.27. The van der Waals surface area contributed by atoms with Crippen LogP contribution in [0.5, 0.6) is 0 Å². The summed E-state index contributed by atoms with van der Waals surface area (Å²) < 4.78 is 0.909. The van der Waals surface area contributed by atoms with Gasteiger partial charge in [0.15, 0.2) is 5.78 Å². The number of benzene rings is 2. The van der Waals surface area contributed by atoms with E-state index in [4.69, 9.17) is 0 Å². The maximum atomic E-state index is 11.9. The molecule has 0 amide bonds. The lowest BCUT2D eigenvalue weighted by Gasteiger charge is -2.00. The SMILES string of the molecule is O=C(C=CNc1ccc([N+](=O)[O-])cc1)c1ccc(Br)cc1. The van der Waals surface area contributed by atoms with Crippen LogP contribution in [0.3, 0.4) is 0 Å². The van der Waals surface area contributed by atoms with Crippen molar-refractivity contribution in [1.29, 1.82) is 0 Å². The number of ketones is 1. The summed E-state index contributed by atoms with van der Waals surface area (Å²) in [5.74, 6) is -0.128. The number of non-ortho nitro benzene ring substituents is 1. The van der Waals surface area contributed by atoms with E-state index in [1.165, 1.54) is 24.4 Å². The molecule has 2 aromatic carbocycles. The minimum Gasteiger partial charge on any atom is -0.362 e. The van der Waals surface area contributed by atoms with Gasteiger partial charge in [-0.3, -0.25) is 14.9 Å². The first-order valence-electron chi connectivity index (χ1n) is 6.04. The van der Waals surface area contributed by atoms with Crippen LogP contribution in [-0.4, -0.2) is 10.7 Å². The Kier molecular flexibility index (Phi) is 4.84. The van der Waals surface area contributed by atoms with Gasteiger partial charge in [-0.05, 0) is 36.4 Å². The van der Waals surface area contributed by atoms with Crippen molar-refractivity contribution in [2.24, 2.45) is 0 Å². The standard InChI is InChI=1S/C15H11BrN2O3/c16-12-3-1-11(2-4-12)15(19)9-10-17-13-5-7-14(8-6-13)18(20)21/h1-10,17H. The quantitative estimate of drug-likeness (QED) is 0.381. The van der Waals surface area contributed by atoms with Crippen LogP contribution in [-0.2, 0) is 0 Å². The molecule has 0 unspecified atom stereocenters. The lowest BCUT2D eigenvalue weighted by molar-refractivity contribution is -0.384. The molecule has 1 N–H and O–H groups in total. The number of nitrogens with zero attached hydrogens (tertiary/aromatic N) is 1. The number of anilines is 1. The van der Waals surface area contributed by atoms with E-state index in [9.17, 15) is 14.9 Å². The fraction of sp³-hybridized carbons (Fsp3) is 0. The molecule has 5 nitrogen and oxygen atoms in total. The average molecular weight is 347 g/mol. The van der Waals surface area contributed by atoms with Gasteiger partial charge >= 0.3 is 0 Å². The largest absolute Gasteiger partial charge is 0.362 e. The molecule has 0 aliphatic carbocycles. The number of carbonyl (C=O) groups excluding carboxylic acids is 1. The molecular formula is C15H11BrN2O3. The third-order valence-corrected chi connectivity index (χ3v) is 3.22. The zero-order valence-corrected chi connectivity index (χ0v) is 12.4. The molecule has 0 heterocycles. The molecule has 0 aliphatic rings. The monoisotopic (exact) mass is 346 g/mol. The highest BCUT2D eigenvalue weighted by atomic mass is 79.9. The van der Waals surface area contributed by atoms with Crippen molar-refractivity contribution < 1.29 is 9.72 Å². The second-order valence-corrected chi connectivity index (χ2v) is 5.07. The Labute approximate surface area is 129 Å². The Balaban J connectivity index is 1.97. The molecule has 0 radical (unpaired) electrons. The second kappa shape index (κ2) is 6.81. The van der Waals surface area contributed by atoms with E-state index in [2.05, 4.69) is 21.2 Å². The van der Waals surface area contributed by atoms with Gasteiger partial charge in [0.05, 0.1) is 4.92 Å². The van der Waals surface area contributed by atoms with Gasteiger partial charge in [0, 0.05) is 40.1 Å². The summed E-state index contributed by atoms with van der Waals surface area (Å²) in [7, 11) is 0. The number of rotatable bonds is 5. The van der Waals surface area contributed by atoms with Crippen LogP contribution in [0.2, 0.25) is 0 Å². The summed E-state index contributed by atoms with van der Waals surface area (Å²) in [6, 6.07) is 13.0. The molecule has 0 aliphatic heterocycles. The van der Waals surface area contributed by atoms with Crippen LogP contribution in [0.15, 0.2) is 65.3 Å². The normalized spacial score (nSPS) is 10.5. The van der Waals surface area contributed by atoms with E-state index in [1.807, 2.05) is 0 Å². The van der Waals surface area contributed by atoms with Crippen molar-refractivity contribution in [1.82, 2.24) is 0 Å². The van der Waals surface area contributed by atoms with E-state index in [1.54, 1.807) is 36.4 Å². The number of hydrogen-bond donors (Lipinski definition) is 1. The second-order valence-electron chi connectivity index (χ2n) is 4.15. The minimum absolute atomic E-state index is 0.0236. The summed E-state index contributed by atoms with van der Waals surface area (Å²) in [6.07, 6.45) is 2.91. The maximum Gasteiger partial charge on any atom is 0.269 e. The first kappa shape index (κ1) is 14.9. The van der Waals surface area contributed by atoms with Gasteiger partial charge in [0.2, 0.25) is 0 Å². The van der Waals surface area contributed by atoms with Crippen molar-refractivity contribution in [3.8, 4) is 0 Å². The van der Waals surface area contributed by atoms with Gasteiger partial charge < -0.3 is 5.32 Å². The summed E-state index contributed by atoms with van der Waals surface area (Å²) >= 11 is 3.30. The number of carbonyl (C=O) groups is 1. The summed E-state index contributed by atoms with van der Waals surface area (Å²) in [4.78, 5) is 21.9. The van der Waals surface area contributed by atoms with Gasteiger partial charge in [0.25, 0.3) is 5.69 Å². The van der Waals surface area contributed by atoms with E-state index in [0.29, 0.717) is 11.3 Å². The lowest BCUT2D eigenvalue weighted by Crippen LogP contribution is -1.96. The summed E-state index contributed by atoms with van der Waals surface area (Å²) in [6.45, 7) is 0. The van der Waals surface area contributed by atoms with Crippen LogP contribution in [0.25, 0.3) is 0 Å². The van der Waals surface area contributed by atoms with Crippen LogP contribution in [0.1, 0.15) is 10.4 Å². The molecule has 0 aromatic heterocycles. The highest BCUT2D eigenvalue weighted by molar-refractivity contribution is 9.10. The first-order chi connectivity index (χ1) is 10.1. The van der Waals surface area contributed by atoms with Gasteiger partial charge in [-0.1, -0.05) is 15.9 Å². The van der Waals surface area contributed by atoms with Crippen molar-refractivity contribution in [3.05, 3.63) is 81.0 Å². The molecule has 0 saturated carbocycles. The Bertz CT molecular complexity index is 679. The average Bonchev–Trinajstić information content (AvgIpc) is 2.48. The van der Waals surface area contributed by atoms with E-state index < -0.39 is 4.92 Å². The highest BCUT2D eigenvalue weighted by Crippen LogP contribution is 2.15. The van der Waals surface area contributed by atoms with E-state index in [-0.39, 0.29) is 11.5 Å². The van der Waals surface area contributed by atoms with Crippen LogP contribution < -0.4 is 5.32 Å². The number of allylic oxidation sites excluding steroid dienone is 1. The lowest BCUT2D eigenvalue weighted by atomic mass is 10.1. The summed E-state index contributed by atoms with van der Waals surface area (Å²) in [5, 5.41) is 13.4. The fourth-order valence-corrected chi connectivity index (χ4v) is 1.87. The predicted octanol–water partition coefficient (Wildman–Crippen LogP) is 4.17. The third kappa shape index (κ3) is 4.25. The molecule has 106 valence electrons. The molecule has 2 aromatic rings. The minimum atomic E-state index is -0.462. The number of nitro groups is 1. The van der Waals surface area contributed by atoms with Crippen molar-refractivity contribution >= 4 is 33.1 Å². The number of nitro benzene ring substituents is 1. The first-order valence-corrected chi connectivity index (χ1v) is 6.83. The molecule has 2 rings (SSSR count). The Hall–Kier alpha value is -2.47. The van der Waals surface area contributed by atoms with Crippen molar-refractivity contribution in [2.75, 3.05) is 5.32 Å². The Morgan fingerprint density at radius 2 is 1.71 bits per heavy atom. The number of nitrogens with one attached hydrogen (secondary N) is 1. The fourth-order valence-electron chi connectivity index (χ4n) is 1.60. The molecule has 21 heavy (non-hydrogen) atoms. The highest BCUT2D eigenvalue weighted by Gasteiger charge is 2.03.